The van der Waals surface area contributed by atoms with Gasteiger partial charge in [0, 0.05) is 55.5 Å². The molecular weight excluding hydrogens is 391 g/mol. The van der Waals surface area contributed by atoms with Gasteiger partial charge in [0.25, 0.3) is 0 Å². The maximum absolute atomic E-state index is 14.0. The molecule has 2 aromatic carbocycles. The molecule has 1 fully saturated rings. The fourth-order valence-corrected chi connectivity index (χ4v) is 3.68. The largest absolute Gasteiger partial charge is 0.310 e. The molecule has 0 aromatic heterocycles. The molecule has 29 heavy (non-hydrogen) atoms. The Balaban J connectivity index is 1.55. The second-order valence-corrected chi connectivity index (χ2v) is 7.45. The summed E-state index contributed by atoms with van der Waals surface area (Å²) in [5, 5.41) is 9.36. The Morgan fingerprint density at radius 1 is 1.07 bits per heavy atom. The standard InChI is InChI=1S/C22H24ClFN4O/c23-20-8-4-9-21(24)19(20)16-26-12-14-27(15-13-26)17-22(29)28(11-5-10-25)18-6-2-1-3-7-18/h1-4,6-9H,5,11-17H2. The number of piperazine rings is 1. The molecule has 1 heterocycles. The molecule has 0 radical (unpaired) electrons. The van der Waals surface area contributed by atoms with Crippen LogP contribution in [0.15, 0.2) is 48.5 Å². The summed E-state index contributed by atoms with van der Waals surface area (Å²) in [6.07, 6.45) is 0.289. The van der Waals surface area contributed by atoms with Crippen LogP contribution in [0.3, 0.4) is 0 Å². The zero-order valence-corrected chi connectivity index (χ0v) is 17.0. The first-order valence-electron chi connectivity index (χ1n) is 9.68. The molecular formula is C22H24ClFN4O. The van der Waals surface area contributed by atoms with Gasteiger partial charge in [-0.1, -0.05) is 35.9 Å². The van der Waals surface area contributed by atoms with Crippen molar-refractivity contribution >= 4 is 23.2 Å². The van der Waals surface area contributed by atoms with Gasteiger partial charge in [-0.3, -0.25) is 14.6 Å². The number of carbonyl (C=O) groups excluding carboxylic acids is 1. The lowest BCUT2D eigenvalue weighted by atomic mass is 10.2. The third-order valence-corrected chi connectivity index (χ3v) is 5.44. The first kappa shape index (κ1) is 21.3. The quantitative estimate of drug-likeness (QED) is 0.695. The highest BCUT2D eigenvalue weighted by molar-refractivity contribution is 6.31. The van der Waals surface area contributed by atoms with Crippen LogP contribution in [0.1, 0.15) is 12.0 Å². The third kappa shape index (κ3) is 5.77. The predicted molar refractivity (Wildman–Crippen MR) is 112 cm³/mol. The minimum atomic E-state index is -0.286. The summed E-state index contributed by atoms with van der Waals surface area (Å²) in [5.74, 6) is -0.303. The zero-order chi connectivity index (χ0) is 20.6. The lowest BCUT2D eigenvalue weighted by Gasteiger charge is -2.35. The number of rotatable bonds is 7. The lowest BCUT2D eigenvalue weighted by molar-refractivity contribution is -0.120. The van der Waals surface area contributed by atoms with Crippen LogP contribution in [0, 0.1) is 17.1 Å². The molecule has 0 saturated carbocycles. The Hall–Kier alpha value is -2.46. The van der Waals surface area contributed by atoms with E-state index < -0.39 is 0 Å². The molecule has 3 rings (SSSR count). The van der Waals surface area contributed by atoms with Crippen LogP contribution in [0.5, 0.6) is 0 Å². The van der Waals surface area contributed by atoms with Gasteiger partial charge in [-0.25, -0.2) is 4.39 Å². The monoisotopic (exact) mass is 414 g/mol. The summed E-state index contributed by atoms with van der Waals surface area (Å²) in [4.78, 5) is 18.8. The van der Waals surface area contributed by atoms with Gasteiger partial charge in [0.2, 0.25) is 5.91 Å². The van der Waals surface area contributed by atoms with E-state index in [-0.39, 0.29) is 18.1 Å². The van der Waals surface area contributed by atoms with E-state index in [0.29, 0.717) is 30.2 Å². The molecule has 5 nitrogen and oxygen atoms in total. The summed E-state index contributed by atoms with van der Waals surface area (Å²) in [6, 6.07) is 16.3. The number of nitriles is 1. The Kier molecular flexibility index (Phi) is 7.59. The van der Waals surface area contributed by atoms with Crippen LogP contribution in [-0.2, 0) is 11.3 Å². The Bertz CT molecular complexity index is 843. The van der Waals surface area contributed by atoms with Gasteiger partial charge in [0.1, 0.15) is 5.82 Å². The van der Waals surface area contributed by atoms with E-state index in [4.69, 9.17) is 16.9 Å². The van der Waals surface area contributed by atoms with E-state index in [0.717, 1.165) is 31.9 Å². The number of halogens is 2. The van der Waals surface area contributed by atoms with Crippen LogP contribution in [-0.4, -0.2) is 55.0 Å². The Morgan fingerprint density at radius 3 is 2.41 bits per heavy atom. The molecule has 152 valence electrons. The molecule has 1 saturated heterocycles. The summed E-state index contributed by atoms with van der Waals surface area (Å²) in [7, 11) is 0. The number of nitrogens with zero attached hydrogens (tertiary/aromatic N) is 4. The topological polar surface area (TPSA) is 50.6 Å². The Labute approximate surface area is 175 Å². The summed E-state index contributed by atoms with van der Waals surface area (Å²) < 4.78 is 14.0. The van der Waals surface area contributed by atoms with Crippen LogP contribution in [0.4, 0.5) is 10.1 Å². The number of para-hydroxylation sites is 1. The zero-order valence-electron chi connectivity index (χ0n) is 16.2. The highest BCUT2D eigenvalue weighted by Gasteiger charge is 2.23. The molecule has 0 unspecified atom stereocenters. The van der Waals surface area contributed by atoms with Crippen molar-refractivity contribution in [2.24, 2.45) is 0 Å². The van der Waals surface area contributed by atoms with Crippen LogP contribution < -0.4 is 4.90 Å². The molecule has 1 aliphatic rings. The van der Waals surface area contributed by atoms with Gasteiger partial charge in [0.05, 0.1) is 19.0 Å². The fraction of sp³-hybridized carbons (Fsp3) is 0.364. The van der Waals surface area contributed by atoms with Gasteiger partial charge >= 0.3 is 0 Å². The molecule has 0 N–H and O–H groups in total. The van der Waals surface area contributed by atoms with Crippen molar-refractivity contribution in [3.05, 3.63) is 64.9 Å². The molecule has 1 amide bonds. The van der Waals surface area contributed by atoms with Crippen LogP contribution in [0.25, 0.3) is 0 Å². The molecule has 2 aromatic rings. The van der Waals surface area contributed by atoms with Crippen molar-refractivity contribution in [3.8, 4) is 6.07 Å². The van der Waals surface area contributed by atoms with E-state index >= 15 is 0 Å². The second-order valence-electron chi connectivity index (χ2n) is 7.04. The summed E-state index contributed by atoms with van der Waals surface area (Å²) >= 11 is 6.13. The lowest BCUT2D eigenvalue weighted by Crippen LogP contribution is -2.50. The second kappa shape index (κ2) is 10.4. The van der Waals surface area contributed by atoms with Gasteiger partial charge in [-0.15, -0.1) is 0 Å². The van der Waals surface area contributed by atoms with Crippen molar-refractivity contribution in [3.63, 3.8) is 0 Å². The third-order valence-electron chi connectivity index (χ3n) is 5.08. The van der Waals surface area contributed by atoms with Gasteiger partial charge in [-0.2, -0.15) is 5.26 Å². The number of carbonyl (C=O) groups is 1. The average Bonchev–Trinajstić information content (AvgIpc) is 2.73. The highest BCUT2D eigenvalue weighted by atomic mass is 35.5. The Morgan fingerprint density at radius 2 is 1.76 bits per heavy atom. The maximum atomic E-state index is 14.0. The van der Waals surface area contributed by atoms with Crippen molar-refractivity contribution in [1.29, 1.82) is 5.26 Å². The number of anilines is 1. The van der Waals surface area contributed by atoms with Crippen molar-refractivity contribution in [1.82, 2.24) is 9.80 Å². The maximum Gasteiger partial charge on any atom is 0.241 e. The molecule has 1 aliphatic heterocycles. The average molecular weight is 415 g/mol. The van der Waals surface area contributed by atoms with E-state index in [1.54, 1.807) is 17.0 Å². The van der Waals surface area contributed by atoms with Crippen molar-refractivity contribution in [2.45, 2.75) is 13.0 Å². The van der Waals surface area contributed by atoms with Gasteiger partial charge < -0.3 is 4.90 Å². The van der Waals surface area contributed by atoms with E-state index in [1.165, 1.54) is 6.07 Å². The minimum Gasteiger partial charge on any atom is -0.310 e. The minimum absolute atomic E-state index is 0.0166. The summed E-state index contributed by atoms with van der Waals surface area (Å²) in [5.41, 5.74) is 1.33. The number of hydrogen-bond donors (Lipinski definition) is 0. The summed E-state index contributed by atoms with van der Waals surface area (Å²) in [6.45, 7) is 4.06. The number of amides is 1. The molecule has 0 bridgehead atoms. The predicted octanol–water partition coefficient (Wildman–Crippen LogP) is 3.54. The first-order chi connectivity index (χ1) is 14.1. The van der Waals surface area contributed by atoms with Gasteiger partial charge in [-0.05, 0) is 24.3 Å². The smallest absolute Gasteiger partial charge is 0.241 e. The highest BCUT2D eigenvalue weighted by Crippen LogP contribution is 2.21. The number of hydrogen-bond acceptors (Lipinski definition) is 4. The van der Waals surface area contributed by atoms with E-state index in [9.17, 15) is 9.18 Å². The van der Waals surface area contributed by atoms with Gasteiger partial charge in [0.15, 0.2) is 0 Å². The van der Waals surface area contributed by atoms with E-state index in [1.807, 2.05) is 30.3 Å². The molecule has 0 spiro atoms. The number of benzene rings is 2. The SMILES string of the molecule is N#CCCN(C(=O)CN1CCN(Cc2c(F)cccc2Cl)CC1)c1ccccc1. The molecule has 0 atom stereocenters. The normalized spacial score (nSPS) is 15.1. The van der Waals surface area contributed by atoms with Crippen LogP contribution in [0.2, 0.25) is 5.02 Å². The van der Waals surface area contributed by atoms with E-state index in [2.05, 4.69) is 15.9 Å². The molecule has 7 heteroatoms. The molecule has 0 aliphatic carbocycles. The first-order valence-corrected chi connectivity index (χ1v) is 10.1. The van der Waals surface area contributed by atoms with Crippen LogP contribution >= 0.6 is 11.6 Å². The van der Waals surface area contributed by atoms with Crippen molar-refractivity contribution in [2.75, 3.05) is 44.2 Å². The fourth-order valence-electron chi connectivity index (χ4n) is 3.46. The van der Waals surface area contributed by atoms with Crippen molar-refractivity contribution < 1.29 is 9.18 Å².